The van der Waals surface area contributed by atoms with Gasteiger partial charge in [0.1, 0.15) is 0 Å². The van der Waals surface area contributed by atoms with Crippen molar-refractivity contribution in [2.24, 2.45) is 5.92 Å². The Morgan fingerprint density at radius 3 is 2.37 bits per heavy atom. The van der Waals surface area contributed by atoms with Gasteiger partial charge in [-0.1, -0.05) is 39.5 Å². The second-order valence-electron chi connectivity index (χ2n) is 5.88. The van der Waals surface area contributed by atoms with E-state index >= 15 is 0 Å². The van der Waals surface area contributed by atoms with E-state index in [-0.39, 0.29) is 0 Å². The molecular formula is C16H34N2O. The molecule has 0 aliphatic carbocycles. The number of rotatable bonds is 12. The van der Waals surface area contributed by atoms with E-state index in [0.717, 1.165) is 19.1 Å². The Morgan fingerprint density at radius 1 is 1.05 bits per heavy atom. The molecule has 0 amide bonds. The molecule has 0 radical (unpaired) electrons. The topological polar surface area (TPSA) is 24.5 Å². The van der Waals surface area contributed by atoms with Gasteiger partial charge in [0.25, 0.3) is 0 Å². The summed E-state index contributed by atoms with van der Waals surface area (Å²) >= 11 is 0. The quantitative estimate of drug-likeness (QED) is 0.433. The predicted molar refractivity (Wildman–Crippen MR) is 82.2 cm³/mol. The minimum atomic E-state index is 0.862. The zero-order valence-electron chi connectivity index (χ0n) is 13.1. The van der Waals surface area contributed by atoms with E-state index < -0.39 is 0 Å². The van der Waals surface area contributed by atoms with Crippen LogP contribution in [0.15, 0.2) is 0 Å². The van der Waals surface area contributed by atoms with Gasteiger partial charge in [-0.25, -0.2) is 5.48 Å². The van der Waals surface area contributed by atoms with Crippen LogP contribution < -0.4 is 5.48 Å². The first-order valence-corrected chi connectivity index (χ1v) is 8.43. The molecule has 1 heterocycles. The van der Waals surface area contributed by atoms with Gasteiger partial charge in [0.2, 0.25) is 0 Å². The molecule has 1 aliphatic rings. The van der Waals surface area contributed by atoms with Gasteiger partial charge < -0.3 is 9.74 Å². The molecule has 0 aromatic rings. The number of hydrogen-bond acceptors (Lipinski definition) is 3. The summed E-state index contributed by atoms with van der Waals surface area (Å²) in [5.41, 5.74) is 3.12. The lowest BCUT2D eigenvalue weighted by Crippen LogP contribution is -2.25. The molecule has 0 aromatic carbocycles. The van der Waals surface area contributed by atoms with Crippen LogP contribution >= 0.6 is 0 Å². The summed E-state index contributed by atoms with van der Waals surface area (Å²) in [5.74, 6) is 0.862. The van der Waals surface area contributed by atoms with Gasteiger partial charge >= 0.3 is 0 Å². The third-order valence-electron chi connectivity index (χ3n) is 4.08. The normalized spacial score (nSPS) is 16.6. The van der Waals surface area contributed by atoms with Crippen LogP contribution in [0.5, 0.6) is 0 Å². The molecule has 1 N–H and O–H groups in total. The Hall–Kier alpha value is -0.120. The molecule has 1 rings (SSSR count). The number of hydroxylamine groups is 1. The van der Waals surface area contributed by atoms with Gasteiger partial charge in [-0.05, 0) is 51.2 Å². The highest BCUT2D eigenvalue weighted by atomic mass is 16.6. The molecule has 0 saturated carbocycles. The van der Waals surface area contributed by atoms with Crippen molar-refractivity contribution >= 4 is 0 Å². The number of likely N-dealkylation sites (tertiary alicyclic amines) is 1. The maximum absolute atomic E-state index is 5.55. The lowest BCUT2D eigenvalue weighted by Gasteiger charge is -2.16. The molecule has 0 unspecified atom stereocenters. The van der Waals surface area contributed by atoms with Crippen molar-refractivity contribution in [2.75, 3.05) is 32.8 Å². The lowest BCUT2D eigenvalue weighted by molar-refractivity contribution is 0.0296. The van der Waals surface area contributed by atoms with E-state index in [1.54, 1.807) is 0 Å². The molecule has 1 fully saturated rings. The standard InChI is InChI=1S/C16H34N2O/c1-3-8-16(9-4-2)10-15-19-17-11-7-14-18-12-5-6-13-18/h16-17H,3-15H2,1-2H3. The van der Waals surface area contributed by atoms with E-state index in [1.807, 2.05) is 0 Å². The van der Waals surface area contributed by atoms with Crippen LogP contribution in [0.4, 0.5) is 0 Å². The first kappa shape index (κ1) is 16.9. The highest BCUT2D eigenvalue weighted by molar-refractivity contribution is 4.65. The van der Waals surface area contributed by atoms with Gasteiger partial charge in [-0.15, -0.1) is 0 Å². The molecular weight excluding hydrogens is 236 g/mol. The predicted octanol–water partition coefficient (Wildman–Crippen LogP) is 3.60. The monoisotopic (exact) mass is 270 g/mol. The Kier molecular flexibility index (Phi) is 10.4. The minimum absolute atomic E-state index is 0.862. The van der Waals surface area contributed by atoms with Gasteiger partial charge in [0, 0.05) is 6.54 Å². The highest BCUT2D eigenvalue weighted by Crippen LogP contribution is 2.17. The SMILES string of the molecule is CCCC(CCC)CCONCCCN1CCCC1. The average molecular weight is 270 g/mol. The molecule has 19 heavy (non-hydrogen) atoms. The molecule has 0 bridgehead atoms. The third kappa shape index (κ3) is 8.61. The van der Waals surface area contributed by atoms with Crippen LogP contribution in [0, 0.1) is 5.92 Å². The van der Waals surface area contributed by atoms with E-state index in [2.05, 4.69) is 24.2 Å². The summed E-state index contributed by atoms with van der Waals surface area (Å²) in [6.07, 6.45) is 10.5. The smallest absolute Gasteiger partial charge is 0.0684 e. The van der Waals surface area contributed by atoms with Gasteiger partial charge in [-0.2, -0.15) is 0 Å². The van der Waals surface area contributed by atoms with Crippen molar-refractivity contribution in [1.82, 2.24) is 10.4 Å². The Balaban J connectivity index is 1.86. The highest BCUT2D eigenvalue weighted by Gasteiger charge is 2.10. The molecule has 3 heteroatoms. The molecule has 0 atom stereocenters. The summed E-state index contributed by atoms with van der Waals surface area (Å²) in [7, 11) is 0. The first-order valence-electron chi connectivity index (χ1n) is 8.43. The van der Waals surface area contributed by atoms with E-state index in [4.69, 9.17) is 4.84 Å². The fourth-order valence-electron chi connectivity index (χ4n) is 3.00. The van der Waals surface area contributed by atoms with Crippen molar-refractivity contribution in [2.45, 2.75) is 65.2 Å². The van der Waals surface area contributed by atoms with Crippen molar-refractivity contribution in [3.8, 4) is 0 Å². The Bertz CT molecular complexity index is 187. The minimum Gasteiger partial charge on any atom is -0.303 e. The van der Waals surface area contributed by atoms with Crippen LogP contribution in [0.1, 0.15) is 65.2 Å². The van der Waals surface area contributed by atoms with E-state index in [1.165, 1.54) is 71.0 Å². The number of hydrogen-bond donors (Lipinski definition) is 1. The summed E-state index contributed by atoms with van der Waals surface area (Å²) in [5, 5.41) is 0. The van der Waals surface area contributed by atoms with Crippen molar-refractivity contribution in [1.29, 1.82) is 0 Å². The first-order chi connectivity index (χ1) is 9.36. The summed E-state index contributed by atoms with van der Waals surface area (Å²) < 4.78 is 0. The second kappa shape index (κ2) is 11.7. The summed E-state index contributed by atoms with van der Waals surface area (Å²) in [6.45, 7) is 10.2. The molecule has 114 valence electrons. The molecule has 0 spiro atoms. The summed E-state index contributed by atoms with van der Waals surface area (Å²) in [4.78, 5) is 8.11. The number of nitrogens with zero attached hydrogens (tertiary/aromatic N) is 1. The van der Waals surface area contributed by atoms with Crippen molar-refractivity contribution in [3.63, 3.8) is 0 Å². The maximum Gasteiger partial charge on any atom is 0.0684 e. The molecule has 1 aliphatic heterocycles. The molecule has 3 nitrogen and oxygen atoms in total. The molecule has 0 aromatic heterocycles. The van der Waals surface area contributed by atoms with Gasteiger partial charge in [0.15, 0.2) is 0 Å². The zero-order valence-corrected chi connectivity index (χ0v) is 13.1. The van der Waals surface area contributed by atoms with E-state index in [9.17, 15) is 0 Å². The van der Waals surface area contributed by atoms with Crippen LogP contribution in [0.2, 0.25) is 0 Å². The Labute approximate surface area is 120 Å². The lowest BCUT2D eigenvalue weighted by atomic mass is 9.95. The summed E-state index contributed by atoms with van der Waals surface area (Å²) in [6, 6.07) is 0. The van der Waals surface area contributed by atoms with Gasteiger partial charge in [-0.3, -0.25) is 0 Å². The van der Waals surface area contributed by atoms with E-state index in [0.29, 0.717) is 0 Å². The van der Waals surface area contributed by atoms with Gasteiger partial charge in [0.05, 0.1) is 6.61 Å². The average Bonchev–Trinajstić information content (AvgIpc) is 2.91. The van der Waals surface area contributed by atoms with Crippen LogP contribution in [-0.4, -0.2) is 37.7 Å². The zero-order chi connectivity index (χ0) is 13.8. The Morgan fingerprint density at radius 2 is 1.74 bits per heavy atom. The van der Waals surface area contributed by atoms with Crippen LogP contribution in [0.25, 0.3) is 0 Å². The van der Waals surface area contributed by atoms with Crippen LogP contribution in [-0.2, 0) is 4.84 Å². The fourth-order valence-corrected chi connectivity index (χ4v) is 3.00. The fraction of sp³-hybridized carbons (Fsp3) is 1.00. The number of nitrogens with one attached hydrogen (secondary N) is 1. The largest absolute Gasteiger partial charge is 0.303 e. The maximum atomic E-state index is 5.55. The third-order valence-corrected chi connectivity index (χ3v) is 4.08. The molecule has 1 saturated heterocycles. The second-order valence-corrected chi connectivity index (χ2v) is 5.88. The van der Waals surface area contributed by atoms with Crippen molar-refractivity contribution in [3.05, 3.63) is 0 Å². The van der Waals surface area contributed by atoms with Crippen molar-refractivity contribution < 1.29 is 4.84 Å². The van der Waals surface area contributed by atoms with Crippen LogP contribution in [0.3, 0.4) is 0 Å².